The van der Waals surface area contributed by atoms with E-state index in [1.807, 2.05) is 0 Å². The summed E-state index contributed by atoms with van der Waals surface area (Å²) >= 11 is 0. The summed E-state index contributed by atoms with van der Waals surface area (Å²) in [6.45, 7) is 22.7. The van der Waals surface area contributed by atoms with Gasteiger partial charge in [0.1, 0.15) is 0 Å². The number of hydrogen-bond donors (Lipinski definition) is 0. The molecule has 0 N–H and O–H groups in total. The van der Waals surface area contributed by atoms with E-state index in [-0.39, 0.29) is 12.2 Å². The molecule has 0 aliphatic rings. The van der Waals surface area contributed by atoms with Crippen molar-refractivity contribution in [3.8, 4) is 0 Å². The molecule has 0 aliphatic carbocycles. The van der Waals surface area contributed by atoms with Crippen LogP contribution in [0.25, 0.3) is 0 Å². The molecule has 234 valence electrons. The molecule has 4 aromatic rings. The zero-order chi connectivity index (χ0) is 32.1. The average Bonchev–Trinajstić information content (AvgIpc) is 2.94. The first kappa shape index (κ1) is 35.0. The molecule has 2 unspecified atom stereocenters. The van der Waals surface area contributed by atoms with Gasteiger partial charge in [0.05, 0.1) is 12.2 Å². The lowest BCUT2D eigenvalue weighted by Crippen LogP contribution is -2.48. The molecule has 0 spiro atoms. The number of benzene rings is 4. The highest BCUT2D eigenvalue weighted by molar-refractivity contribution is 7.73. The quantitative estimate of drug-likeness (QED) is 0.106. The monoisotopic (exact) mass is 658 g/mol. The van der Waals surface area contributed by atoms with E-state index in [9.17, 15) is 0 Å². The zero-order valence-corrected chi connectivity index (χ0v) is 32.3. The minimum Gasteiger partial charge on any atom is -0.412 e. The second-order valence-electron chi connectivity index (χ2n) is 14.1. The molecule has 6 heteroatoms. The van der Waals surface area contributed by atoms with Gasteiger partial charge in [0, 0.05) is 12.3 Å². The van der Waals surface area contributed by atoms with Crippen LogP contribution in [0.1, 0.15) is 22.3 Å². The lowest BCUT2D eigenvalue weighted by molar-refractivity contribution is 0.0731. The Labute approximate surface area is 272 Å². The van der Waals surface area contributed by atoms with Crippen molar-refractivity contribution in [3.63, 3.8) is 0 Å². The predicted octanol–water partition coefficient (Wildman–Crippen LogP) is 8.93. The van der Waals surface area contributed by atoms with Crippen molar-refractivity contribution in [2.24, 2.45) is 0 Å². The van der Waals surface area contributed by atoms with Crippen LogP contribution in [0.2, 0.25) is 39.3 Å². The highest BCUT2D eigenvalue weighted by Crippen LogP contribution is 2.41. The fourth-order valence-electron chi connectivity index (χ4n) is 5.35. The van der Waals surface area contributed by atoms with Crippen LogP contribution in [0, 0.1) is 27.7 Å². The van der Waals surface area contributed by atoms with Crippen molar-refractivity contribution < 1.29 is 8.85 Å². The molecule has 0 saturated carbocycles. The van der Waals surface area contributed by atoms with Crippen LogP contribution < -0.4 is 21.2 Å². The second kappa shape index (κ2) is 15.1. The molecule has 0 fully saturated rings. The normalized spacial score (nSPS) is 13.8. The SMILES string of the molecule is Cc1ccc(P(CC(O[Si](C)(C)C)C(CP(c2ccc(C)cc2)c2ccc(C)cc2)O[Si](C)(C)C)c2ccc(C)cc2)cc1. The van der Waals surface area contributed by atoms with Crippen molar-refractivity contribution in [2.75, 3.05) is 12.3 Å². The van der Waals surface area contributed by atoms with Crippen molar-refractivity contribution >= 4 is 53.7 Å². The molecule has 0 bridgehead atoms. The Balaban J connectivity index is 1.81. The summed E-state index contributed by atoms with van der Waals surface area (Å²) in [5.74, 6) is 0. The zero-order valence-electron chi connectivity index (χ0n) is 28.5. The Hall–Kier alpha value is -1.91. The first-order valence-electron chi connectivity index (χ1n) is 15.8. The lowest BCUT2D eigenvalue weighted by atomic mass is 10.2. The first-order chi connectivity index (χ1) is 20.7. The topological polar surface area (TPSA) is 18.5 Å². The van der Waals surface area contributed by atoms with Gasteiger partial charge in [-0.25, -0.2) is 0 Å². The Morgan fingerprint density at radius 2 is 0.614 bits per heavy atom. The van der Waals surface area contributed by atoms with Gasteiger partial charge in [0.2, 0.25) is 0 Å². The van der Waals surface area contributed by atoms with E-state index >= 15 is 0 Å². The van der Waals surface area contributed by atoms with Crippen LogP contribution in [0.15, 0.2) is 97.1 Å². The molecule has 0 radical (unpaired) electrons. The Bertz CT molecular complexity index is 1250. The van der Waals surface area contributed by atoms with E-state index in [0.29, 0.717) is 0 Å². The van der Waals surface area contributed by atoms with E-state index in [2.05, 4.69) is 164 Å². The summed E-state index contributed by atoms with van der Waals surface area (Å²) in [5, 5.41) is 5.63. The molecule has 0 heterocycles. The third-order valence-electron chi connectivity index (χ3n) is 7.53. The largest absolute Gasteiger partial charge is 0.412 e. The maximum Gasteiger partial charge on any atom is 0.184 e. The molecular formula is C38H52O2P2Si2. The molecule has 44 heavy (non-hydrogen) atoms. The van der Waals surface area contributed by atoms with Crippen LogP contribution >= 0.6 is 15.8 Å². The molecule has 0 amide bonds. The lowest BCUT2D eigenvalue weighted by Gasteiger charge is -2.39. The Morgan fingerprint density at radius 3 is 0.795 bits per heavy atom. The molecular weight excluding hydrogens is 607 g/mol. The molecule has 4 aromatic carbocycles. The predicted molar refractivity (Wildman–Crippen MR) is 203 cm³/mol. The molecule has 2 nitrogen and oxygen atoms in total. The van der Waals surface area contributed by atoms with Gasteiger partial charge in [0.25, 0.3) is 0 Å². The molecule has 0 aliphatic heterocycles. The third-order valence-corrected chi connectivity index (χ3v) is 14.7. The van der Waals surface area contributed by atoms with Crippen LogP contribution in [0.3, 0.4) is 0 Å². The van der Waals surface area contributed by atoms with Gasteiger partial charge in [0.15, 0.2) is 16.6 Å². The van der Waals surface area contributed by atoms with E-state index in [1.165, 1.54) is 43.5 Å². The van der Waals surface area contributed by atoms with Gasteiger partial charge >= 0.3 is 0 Å². The third kappa shape index (κ3) is 10.6. The molecule has 2 atom stereocenters. The number of hydrogen-bond acceptors (Lipinski definition) is 2. The van der Waals surface area contributed by atoms with Crippen molar-refractivity contribution in [1.29, 1.82) is 0 Å². The van der Waals surface area contributed by atoms with E-state index < -0.39 is 32.5 Å². The minimum atomic E-state index is -1.92. The fraction of sp³-hybridized carbons (Fsp3) is 0.368. The maximum atomic E-state index is 7.24. The van der Waals surface area contributed by atoms with Gasteiger partial charge in [-0.15, -0.1) is 0 Å². The Morgan fingerprint density at radius 1 is 0.409 bits per heavy atom. The van der Waals surface area contributed by atoms with Crippen LogP contribution in [0.4, 0.5) is 0 Å². The minimum absolute atomic E-state index is 0.00278. The van der Waals surface area contributed by atoms with Gasteiger partial charge in [-0.2, -0.15) is 0 Å². The standard InChI is InChI=1S/C38H52O2P2Si2/c1-29-11-19-33(20-12-29)41(34-21-13-30(2)14-22-34)27-37(39-43(5,6)7)38(40-44(8,9)10)28-42(35-23-15-31(3)16-24-35)36-25-17-32(4)18-26-36/h11-26,37-38H,27-28H2,1-10H3. The number of aryl methyl sites for hydroxylation is 4. The van der Waals surface area contributed by atoms with Crippen LogP contribution in [-0.4, -0.2) is 41.2 Å². The summed E-state index contributed by atoms with van der Waals surface area (Å²) in [4.78, 5) is 0. The van der Waals surface area contributed by atoms with Gasteiger partial charge in [-0.3, -0.25) is 0 Å². The van der Waals surface area contributed by atoms with E-state index in [1.54, 1.807) is 0 Å². The highest BCUT2D eigenvalue weighted by Gasteiger charge is 2.36. The first-order valence-corrected chi connectivity index (χ1v) is 25.7. The maximum absolute atomic E-state index is 7.24. The van der Waals surface area contributed by atoms with Crippen molar-refractivity contribution in [2.45, 2.75) is 79.2 Å². The van der Waals surface area contributed by atoms with E-state index in [4.69, 9.17) is 8.85 Å². The molecule has 0 aromatic heterocycles. The second-order valence-corrected chi connectivity index (χ2v) is 27.5. The smallest absolute Gasteiger partial charge is 0.184 e. The van der Waals surface area contributed by atoms with Crippen molar-refractivity contribution in [1.82, 2.24) is 0 Å². The molecule has 4 rings (SSSR count). The van der Waals surface area contributed by atoms with Crippen molar-refractivity contribution in [3.05, 3.63) is 119 Å². The summed E-state index contributed by atoms with van der Waals surface area (Å²) in [6, 6.07) is 36.8. The number of rotatable bonds is 13. The Kier molecular flexibility index (Phi) is 12.0. The molecule has 0 saturated heterocycles. The summed E-state index contributed by atoms with van der Waals surface area (Å²) < 4.78 is 14.5. The van der Waals surface area contributed by atoms with Gasteiger partial charge < -0.3 is 8.85 Å². The summed E-state index contributed by atoms with van der Waals surface area (Å²) in [5.41, 5.74) is 5.18. The van der Waals surface area contributed by atoms with E-state index in [0.717, 1.165) is 12.3 Å². The fourth-order valence-corrected chi connectivity index (χ4v) is 12.7. The average molecular weight is 659 g/mol. The summed E-state index contributed by atoms with van der Waals surface area (Å²) in [7, 11) is -5.12. The van der Waals surface area contributed by atoms with Crippen LogP contribution in [0.5, 0.6) is 0 Å². The highest BCUT2D eigenvalue weighted by atomic mass is 31.1. The van der Waals surface area contributed by atoms with Gasteiger partial charge in [-0.1, -0.05) is 119 Å². The van der Waals surface area contributed by atoms with Crippen LogP contribution in [-0.2, 0) is 8.85 Å². The van der Waals surface area contributed by atoms with Gasteiger partial charge in [-0.05, 0) is 104 Å². The summed E-state index contributed by atoms with van der Waals surface area (Å²) in [6.07, 6.45) is 1.91.